The number of H-pyrrole nitrogens is 1. The summed E-state index contributed by atoms with van der Waals surface area (Å²) in [7, 11) is 5.96. The van der Waals surface area contributed by atoms with Gasteiger partial charge < -0.3 is 9.88 Å². The average Bonchev–Trinajstić information content (AvgIpc) is 3.43. The standard InChI is InChI=1S/C21H29N5O2/c1-24-10-4-5-15(20(24)18-8-9-22-26(18)3)13-25(2)21(28)16-11-17(14-6-7-14)23-19(27)12-16/h8-9,11-12,14-15,20H,4-7,10,13H2,1-3H3,(H,23,27)/t15-,20+/m0/s1. The van der Waals surface area contributed by atoms with Gasteiger partial charge in [0.2, 0.25) is 5.56 Å². The SMILES string of the molecule is CN(C[C@@H]1CCCN(C)[C@H]1c1ccnn1C)C(=O)c1cc(C2CC2)[nH]c(=O)c1. The molecule has 1 saturated heterocycles. The van der Waals surface area contributed by atoms with E-state index < -0.39 is 0 Å². The maximum Gasteiger partial charge on any atom is 0.253 e. The summed E-state index contributed by atoms with van der Waals surface area (Å²) in [6.07, 6.45) is 6.20. The first kappa shape index (κ1) is 18.9. The minimum absolute atomic E-state index is 0.0787. The third-order valence-corrected chi connectivity index (χ3v) is 6.15. The molecule has 4 rings (SSSR count). The molecule has 1 N–H and O–H groups in total. The topological polar surface area (TPSA) is 74.2 Å². The van der Waals surface area contributed by atoms with Crippen LogP contribution < -0.4 is 5.56 Å². The fourth-order valence-electron chi connectivity index (χ4n) is 4.55. The Morgan fingerprint density at radius 1 is 1.29 bits per heavy atom. The molecule has 2 aromatic heterocycles. The van der Waals surface area contributed by atoms with Crippen molar-refractivity contribution >= 4 is 5.91 Å². The highest BCUT2D eigenvalue weighted by Crippen LogP contribution is 2.39. The van der Waals surface area contributed by atoms with E-state index in [0.29, 0.717) is 23.9 Å². The smallest absolute Gasteiger partial charge is 0.253 e. The van der Waals surface area contributed by atoms with Crippen LogP contribution in [0, 0.1) is 5.92 Å². The number of likely N-dealkylation sites (tertiary alicyclic amines) is 1. The zero-order valence-corrected chi connectivity index (χ0v) is 16.9. The molecule has 0 aromatic carbocycles. The summed E-state index contributed by atoms with van der Waals surface area (Å²) in [5, 5.41) is 4.34. The number of carbonyl (C=O) groups is 1. The number of aromatic nitrogens is 3. The molecular formula is C21H29N5O2. The normalized spacial score (nSPS) is 23.0. The van der Waals surface area contributed by atoms with Gasteiger partial charge in [0.1, 0.15) is 0 Å². The molecule has 1 aliphatic carbocycles. The van der Waals surface area contributed by atoms with Crippen LogP contribution in [0.25, 0.3) is 0 Å². The van der Waals surface area contributed by atoms with Crippen LogP contribution in [-0.2, 0) is 7.05 Å². The number of aryl methyl sites for hydroxylation is 1. The lowest BCUT2D eigenvalue weighted by molar-refractivity contribution is 0.0630. The molecule has 7 heteroatoms. The molecule has 28 heavy (non-hydrogen) atoms. The van der Waals surface area contributed by atoms with E-state index in [1.54, 1.807) is 4.90 Å². The first-order chi connectivity index (χ1) is 13.4. The van der Waals surface area contributed by atoms with E-state index in [1.165, 1.54) is 11.8 Å². The Balaban J connectivity index is 1.53. The fraction of sp³-hybridized carbons (Fsp3) is 0.571. The highest BCUT2D eigenvalue weighted by atomic mass is 16.2. The maximum absolute atomic E-state index is 13.0. The van der Waals surface area contributed by atoms with E-state index in [0.717, 1.165) is 37.9 Å². The summed E-state index contributed by atoms with van der Waals surface area (Å²) in [6, 6.07) is 5.59. The molecular weight excluding hydrogens is 354 g/mol. The number of hydrogen-bond acceptors (Lipinski definition) is 4. The van der Waals surface area contributed by atoms with Crippen molar-refractivity contribution < 1.29 is 4.79 Å². The predicted octanol–water partition coefficient (Wildman–Crippen LogP) is 2.14. The molecule has 2 aliphatic rings. The highest BCUT2D eigenvalue weighted by Gasteiger charge is 2.34. The largest absolute Gasteiger partial charge is 0.341 e. The lowest BCUT2D eigenvalue weighted by Gasteiger charge is -2.40. The Bertz CT molecular complexity index is 914. The van der Waals surface area contributed by atoms with Crippen LogP contribution in [0.2, 0.25) is 0 Å². The molecule has 1 amide bonds. The molecule has 2 fully saturated rings. The highest BCUT2D eigenvalue weighted by molar-refractivity contribution is 5.94. The summed E-state index contributed by atoms with van der Waals surface area (Å²) in [6.45, 7) is 1.70. The summed E-state index contributed by atoms with van der Waals surface area (Å²) >= 11 is 0. The number of piperidine rings is 1. The average molecular weight is 383 g/mol. The molecule has 0 spiro atoms. The lowest BCUT2D eigenvalue weighted by Crippen LogP contribution is -2.43. The number of nitrogens with one attached hydrogen (secondary N) is 1. The van der Waals surface area contributed by atoms with E-state index in [-0.39, 0.29) is 17.5 Å². The zero-order chi connectivity index (χ0) is 19.8. The molecule has 0 bridgehead atoms. The molecule has 2 atom stereocenters. The van der Waals surface area contributed by atoms with Gasteiger partial charge in [0.15, 0.2) is 0 Å². The van der Waals surface area contributed by atoms with Crippen LogP contribution in [0.15, 0.2) is 29.2 Å². The van der Waals surface area contributed by atoms with Gasteiger partial charge in [-0.15, -0.1) is 0 Å². The second kappa shape index (κ2) is 7.54. The molecule has 7 nitrogen and oxygen atoms in total. The maximum atomic E-state index is 13.0. The molecule has 2 aromatic rings. The van der Waals surface area contributed by atoms with Gasteiger partial charge in [0.25, 0.3) is 5.91 Å². The van der Waals surface area contributed by atoms with Gasteiger partial charge in [-0.05, 0) is 63.2 Å². The van der Waals surface area contributed by atoms with Crippen LogP contribution >= 0.6 is 0 Å². The van der Waals surface area contributed by atoms with Crippen molar-refractivity contribution in [1.29, 1.82) is 0 Å². The van der Waals surface area contributed by atoms with Crippen LogP contribution in [0.1, 0.15) is 59.4 Å². The van der Waals surface area contributed by atoms with Crippen molar-refractivity contribution in [1.82, 2.24) is 24.6 Å². The van der Waals surface area contributed by atoms with Gasteiger partial charge in [-0.2, -0.15) is 5.10 Å². The number of pyridine rings is 1. The summed E-state index contributed by atoms with van der Waals surface area (Å²) < 4.78 is 1.93. The second-order valence-electron chi connectivity index (χ2n) is 8.36. The molecule has 1 saturated carbocycles. The van der Waals surface area contributed by atoms with Crippen molar-refractivity contribution in [2.75, 3.05) is 27.2 Å². The van der Waals surface area contributed by atoms with Gasteiger partial charge >= 0.3 is 0 Å². The van der Waals surface area contributed by atoms with Gasteiger partial charge in [-0.1, -0.05) is 0 Å². The van der Waals surface area contributed by atoms with Gasteiger partial charge in [0, 0.05) is 44.2 Å². The number of amides is 1. The van der Waals surface area contributed by atoms with E-state index >= 15 is 0 Å². The number of nitrogens with zero attached hydrogens (tertiary/aromatic N) is 4. The van der Waals surface area contributed by atoms with Gasteiger partial charge in [-0.25, -0.2) is 0 Å². The molecule has 150 valence electrons. The fourth-order valence-corrected chi connectivity index (χ4v) is 4.55. The third-order valence-electron chi connectivity index (χ3n) is 6.15. The number of carbonyl (C=O) groups excluding carboxylic acids is 1. The first-order valence-corrected chi connectivity index (χ1v) is 10.1. The summed E-state index contributed by atoms with van der Waals surface area (Å²) in [4.78, 5) is 32.1. The van der Waals surface area contributed by atoms with E-state index in [9.17, 15) is 9.59 Å². The second-order valence-corrected chi connectivity index (χ2v) is 8.36. The van der Waals surface area contributed by atoms with Crippen molar-refractivity contribution in [3.8, 4) is 0 Å². The quantitative estimate of drug-likeness (QED) is 0.858. The molecule has 1 aliphatic heterocycles. The minimum atomic E-state index is -0.189. The van der Waals surface area contributed by atoms with Crippen LogP contribution in [-0.4, -0.2) is 57.7 Å². The van der Waals surface area contributed by atoms with Crippen molar-refractivity contribution in [3.05, 3.63) is 51.7 Å². The van der Waals surface area contributed by atoms with E-state index in [2.05, 4.69) is 28.1 Å². The van der Waals surface area contributed by atoms with Crippen LogP contribution in [0.5, 0.6) is 0 Å². The van der Waals surface area contributed by atoms with Gasteiger partial charge in [-0.3, -0.25) is 19.2 Å². The van der Waals surface area contributed by atoms with Gasteiger partial charge in [0.05, 0.1) is 11.7 Å². The number of aromatic amines is 1. The lowest BCUT2D eigenvalue weighted by atomic mass is 9.86. The third kappa shape index (κ3) is 3.76. The zero-order valence-electron chi connectivity index (χ0n) is 16.9. The number of rotatable bonds is 5. The van der Waals surface area contributed by atoms with Crippen molar-refractivity contribution in [2.45, 2.75) is 37.6 Å². The molecule has 0 radical (unpaired) electrons. The Kier molecular flexibility index (Phi) is 5.10. The molecule has 3 heterocycles. The summed E-state index contributed by atoms with van der Waals surface area (Å²) in [5.74, 6) is 0.657. The van der Waals surface area contributed by atoms with Crippen molar-refractivity contribution in [3.63, 3.8) is 0 Å². The van der Waals surface area contributed by atoms with Crippen LogP contribution in [0.4, 0.5) is 0 Å². The molecule has 0 unspecified atom stereocenters. The van der Waals surface area contributed by atoms with E-state index in [4.69, 9.17) is 0 Å². The van der Waals surface area contributed by atoms with E-state index in [1.807, 2.05) is 31.0 Å². The predicted molar refractivity (Wildman–Crippen MR) is 107 cm³/mol. The van der Waals surface area contributed by atoms with Crippen LogP contribution in [0.3, 0.4) is 0 Å². The Labute approximate surface area is 165 Å². The Morgan fingerprint density at radius 3 is 2.75 bits per heavy atom. The first-order valence-electron chi connectivity index (χ1n) is 10.1. The Morgan fingerprint density at radius 2 is 2.07 bits per heavy atom. The minimum Gasteiger partial charge on any atom is -0.341 e. The number of hydrogen-bond donors (Lipinski definition) is 1. The monoisotopic (exact) mass is 383 g/mol. The van der Waals surface area contributed by atoms with Crippen molar-refractivity contribution in [2.24, 2.45) is 13.0 Å². The Hall–Kier alpha value is -2.41. The summed E-state index contributed by atoms with van der Waals surface area (Å²) in [5.41, 5.74) is 2.38.